The maximum atomic E-state index is 12.5. The Kier molecular flexibility index (Phi) is 5.20. The molecule has 26 heavy (non-hydrogen) atoms. The first-order chi connectivity index (χ1) is 12.5. The summed E-state index contributed by atoms with van der Waals surface area (Å²) in [7, 11) is -3.98. The monoisotopic (exact) mass is 376 g/mol. The molecule has 3 rings (SSSR count). The van der Waals surface area contributed by atoms with Crippen LogP contribution >= 0.6 is 7.82 Å². The van der Waals surface area contributed by atoms with Crippen molar-refractivity contribution in [3.63, 3.8) is 0 Å². The lowest BCUT2D eigenvalue weighted by molar-refractivity contribution is 0.164. The van der Waals surface area contributed by atoms with E-state index in [1.54, 1.807) is 19.1 Å². The van der Waals surface area contributed by atoms with Crippen molar-refractivity contribution < 1.29 is 22.6 Å². The Morgan fingerprint density at radius 1 is 1.27 bits per heavy atom. The number of fused-ring (bicyclic) bond motifs is 2. The van der Waals surface area contributed by atoms with E-state index in [-0.39, 0.29) is 17.8 Å². The summed E-state index contributed by atoms with van der Waals surface area (Å²) in [6, 6.07) is 8.85. The van der Waals surface area contributed by atoms with Gasteiger partial charge in [0.1, 0.15) is 23.7 Å². The zero-order valence-electron chi connectivity index (χ0n) is 13.6. The van der Waals surface area contributed by atoms with Crippen LogP contribution in [0.1, 0.15) is 6.92 Å². The first-order valence-corrected chi connectivity index (χ1v) is 8.93. The summed E-state index contributed by atoms with van der Waals surface area (Å²) in [5.74, 6) is 0.452. The molecule has 1 unspecified atom stereocenters. The predicted octanol–water partition coefficient (Wildman–Crippen LogP) is 4.10. The smallest absolute Gasteiger partial charge is 0.453 e. The van der Waals surface area contributed by atoms with Crippen LogP contribution in [0.4, 0.5) is 0 Å². The Morgan fingerprint density at radius 3 is 2.88 bits per heavy atom. The molecule has 0 saturated carbocycles. The van der Waals surface area contributed by atoms with Crippen molar-refractivity contribution in [1.29, 1.82) is 0 Å². The molecular weight excluding hydrogens is 363 g/mol. The molecule has 11 heteroatoms. The van der Waals surface area contributed by atoms with Crippen molar-refractivity contribution >= 4 is 18.9 Å². The number of phosphoric ester groups is 1. The Hall–Kier alpha value is -2.90. The van der Waals surface area contributed by atoms with E-state index in [1.165, 1.54) is 24.3 Å². The molecule has 134 valence electrons. The minimum Gasteiger partial charge on any atom is -0.453 e. The predicted molar refractivity (Wildman–Crippen MR) is 91.9 cm³/mol. The Morgan fingerprint density at radius 2 is 2.12 bits per heavy atom. The van der Waals surface area contributed by atoms with Crippen LogP contribution in [0.3, 0.4) is 0 Å². The van der Waals surface area contributed by atoms with Gasteiger partial charge in [-0.1, -0.05) is 5.11 Å². The fourth-order valence-electron chi connectivity index (χ4n) is 2.14. The molecule has 0 saturated heterocycles. The average molecular weight is 376 g/mol. The largest absolute Gasteiger partial charge is 0.530 e. The minimum atomic E-state index is -3.98. The number of phosphoric acid groups is 1. The van der Waals surface area contributed by atoms with E-state index < -0.39 is 14.6 Å². The lowest BCUT2D eigenvalue weighted by Gasteiger charge is -2.17. The molecule has 0 spiro atoms. The van der Waals surface area contributed by atoms with Crippen molar-refractivity contribution in [1.82, 2.24) is 4.98 Å². The van der Waals surface area contributed by atoms with Gasteiger partial charge < -0.3 is 8.94 Å². The van der Waals surface area contributed by atoms with Crippen LogP contribution in [0.15, 0.2) is 50.7 Å². The molecule has 0 radical (unpaired) electrons. The van der Waals surface area contributed by atoms with Crippen LogP contribution in [0.5, 0.6) is 5.75 Å². The van der Waals surface area contributed by atoms with Crippen LogP contribution < -0.4 is 9.95 Å². The van der Waals surface area contributed by atoms with E-state index >= 15 is 0 Å². The van der Waals surface area contributed by atoms with E-state index in [1.807, 2.05) is 0 Å². The zero-order valence-corrected chi connectivity index (χ0v) is 14.5. The number of hydrogen-bond donors (Lipinski definition) is 0. The first-order valence-electron chi connectivity index (χ1n) is 7.47. The van der Waals surface area contributed by atoms with Crippen LogP contribution in [0, 0.1) is 0 Å². The molecule has 1 heterocycles. The van der Waals surface area contributed by atoms with Crippen LogP contribution in [0.25, 0.3) is 33.0 Å². The summed E-state index contributed by atoms with van der Waals surface area (Å²) in [6.07, 6.45) is 0. The molecule has 0 fully saturated rings. The highest BCUT2D eigenvalue weighted by Crippen LogP contribution is 2.49. The van der Waals surface area contributed by atoms with E-state index in [0.29, 0.717) is 22.6 Å². The lowest BCUT2D eigenvalue weighted by Crippen LogP contribution is -2.03. The van der Waals surface area contributed by atoms with E-state index in [4.69, 9.17) is 23.5 Å². The molecule has 1 atom stereocenters. The van der Waals surface area contributed by atoms with Crippen molar-refractivity contribution in [2.24, 2.45) is 5.11 Å². The third kappa shape index (κ3) is 4.01. The van der Waals surface area contributed by atoms with E-state index in [0.717, 1.165) is 0 Å². The van der Waals surface area contributed by atoms with Gasteiger partial charge in [-0.25, -0.2) is 9.55 Å². The maximum Gasteiger partial charge on any atom is 0.530 e. The van der Waals surface area contributed by atoms with E-state index in [9.17, 15) is 9.36 Å². The highest BCUT2D eigenvalue weighted by Gasteiger charge is 2.28. The summed E-state index contributed by atoms with van der Waals surface area (Å²) < 4.78 is 33.4. The molecular formula is C15H13N4O6P. The molecule has 1 aromatic rings. The van der Waals surface area contributed by atoms with Crippen LogP contribution in [-0.2, 0) is 13.6 Å². The third-order valence-electron chi connectivity index (χ3n) is 3.16. The van der Waals surface area contributed by atoms with Gasteiger partial charge in [-0.05, 0) is 36.7 Å². The van der Waals surface area contributed by atoms with Gasteiger partial charge in [0, 0.05) is 17.0 Å². The van der Waals surface area contributed by atoms with Crippen molar-refractivity contribution in [2.75, 3.05) is 13.3 Å². The summed E-state index contributed by atoms with van der Waals surface area (Å²) in [5, 5.41) is 3.14. The van der Waals surface area contributed by atoms with Crippen LogP contribution in [0.2, 0.25) is 0 Å². The number of azide groups is 1. The number of benzene rings is 2. The average Bonchev–Trinajstić information content (AvgIpc) is 2.60. The molecule has 1 aliphatic heterocycles. The molecule has 1 aromatic carbocycles. The number of nitrogens with zero attached hydrogens (tertiary/aromatic N) is 4. The third-order valence-corrected chi connectivity index (χ3v) is 4.61. The number of rotatable bonds is 7. The highest BCUT2D eigenvalue weighted by atomic mass is 31.2. The zero-order chi connectivity index (χ0) is 18.6. The van der Waals surface area contributed by atoms with Gasteiger partial charge in [0.15, 0.2) is 16.8 Å². The fourth-order valence-corrected chi connectivity index (χ4v) is 3.20. The summed E-state index contributed by atoms with van der Waals surface area (Å²) in [5.41, 5.74) is 9.43. The number of hydrogen-bond acceptors (Lipinski definition) is 8. The first kappa shape index (κ1) is 17.9. The Balaban J connectivity index is 1.95. The second-order valence-corrected chi connectivity index (χ2v) is 6.51. The maximum absolute atomic E-state index is 12.5. The molecule has 0 aromatic heterocycles. The van der Waals surface area contributed by atoms with Gasteiger partial charge in [0.25, 0.3) is 0 Å². The molecule has 1 aliphatic carbocycles. The Bertz CT molecular complexity index is 1060. The fraction of sp³-hybridized carbons (Fsp3) is 0.200. The second-order valence-electron chi connectivity index (χ2n) is 4.92. The quantitative estimate of drug-likeness (QED) is 0.199. The van der Waals surface area contributed by atoms with Crippen molar-refractivity contribution in [2.45, 2.75) is 6.92 Å². The molecule has 10 nitrogen and oxygen atoms in total. The topological polar surface area (TPSA) is 137 Å². The van der Waals surface area contributed by atoms with Gasteiger partial charge in [0.05, 0.1) is 6.61 Å². The molecule has 0 amide bonds. The minimum absolute atomic E-state index is 0.0595. The summed E-state index contributed by atoms with van der Waals surface area (Å²) in [6.45, 7) is 1.16. The summed E-state index contributed by atoms with van der Waals surface area (Å²) >= 11 is 0. The lowest BCUT2D eigenvalue weighted by atomic mass is 10.2. The van der Waals surface area contributed by atoms with Crippen LogP contribution in [-0.4, -0.2) is 18.3 Å². The van der Waals surface area contributed by atoms with Gasteiger partial charge >= 0.3 is 7.82 Å². The van der Waals surface area contributed by atoms with Gasteiger partial charge in [-0.3, -0.25) is 13.8 Å². The van der Waals surface area contributed by atoms with E-state index in [2.05, 4.69) is 15.0 Å². The molecule has 0 bridgehead atoms. The van der Waals surface area contributed by atoms with Crippen molar-refractivity contribution in [3.05, 3.63) is 57.1 Å². The number of aromatic nitrogens is 1. The normalized spacial score (nSPS) is 13.3. The van der Waals surface area contributed by atoms with Gasteiger partial charge in [-0.15, -0.1) is 0 Å². The standard InChI is InChI=1S/C15H13N4O6P/c1-2-22-26(21,23-9-17-19-16)25-11-4-6-13-15(8-11)24-14-7-10(20)3-5-12(14)18-13/h3-8H,2,9H2,1H3. The van der Waals surface area contributed by atoms with Gasteiger partial charge in [-0.2, -0.15) is 0 Å². The molecule has 0 N–H and O–H groups in total. The second kappa shape index (κ2) is 7.55. The highest BCUT2D eigenvalue weighted by molar-refractivity contribution is 7.48. The van der Waals surface area contributed by atoms with Gasteiger partial charge in [0.2, 0.25) is 0 Å². The van der Waals surface area contributed by atoms with Crippen molar-refractivity contribution in [3.8, 4) is 17.2 Å². The SMILES string of the molecule is CCOP(=O)(OCN=[N+]=[N-])Oc1ccc2nc3ccc(=O)cc-3oc2c1. The Labute approximate surface area is 146 Å². The molecule has 2 aliphatic rings. The summed E-state index contributed by atoms with van der Waals surface area (Å²) in [4.78, 5) is 18.3.